The molecule has 1 atom stereocenters. The second-order valence-corrected chi connectivity index (χ2v) is 5.16. The van der Waals surface area contributed by atoms with Crippen LogP contribution in [0.1, 0.15) is 27.7 Å². The molecule has 0 heterocycles. The molecule has 0 amide bonds. The van der Waals surface area contributed by atoms with E-state index >= 15 is 0 Å². The summed E-state index contributed by atoms with van der Waals surface area (Å²) < 4.78 is 4.98. The van der Waals surface area contributed by atoms with Crippen molar-refractivity contribution >= 4 is 21.9 Å². The van der Waals surface area contributed by atoms with Crippen LogP contribution in [-0.4, -0.2) is 17.4 Å². The summed E-state index contributed by atoms with van der Waals surface area (Å²) >= 11 is 3.13. The third-order valence-electron chi connectivity index (χ3n) is 0.972. The molecular formula is C8H15BrO2. The fourth-order valence-corrected chi connectivity index (χ4v) is 0.535. The molecule has 2 nitrogen and oxygen atoms in total. The van der Waals surface area contributed by atoms with Gasteiger partial charge in [0.2, 0.25) is 0 Å². The number of carbonyl (C=O) groups excluding carboxylic acids is 1. The first-order valence-electron chi connectivity index (χ1n) is 3.63. The molecule has 0 aliphatic heterocycles. The molecular weight excluding hydrogens is 208 g/mol. The molecule has 3 heteroatoms. The van der Waals surface area contributed by atoms with Crippen LogP contribution >= 0.6 is 15.9 Å². The van der Waals surface area contributed by atoms with Crippen molar-refractivity contribution in [2.75, 3.05) is 6.61 Å². The van der Waals surface area contributed by atoms with Gasteiger partial charge in [-0.15, -0.1) is 0 Å². The standard InChI is InChI=1S/C8H15BrO2/c1-6(9)7(10)11-5-8(2,3)4/h6H,5H2,1-4H3. The van der Waals surface area contributed by atoms with Crippen LogP contribution in [0.25, 0.3) is 0 Å². The monoisotopic (exact) mass is 222 g/mol. The van der Waals surface area contributed by atoms with Gasteiger partial charge in [-0.1, -0.05) is 36.7 Å². The molecule has 0 saturated heterocycles. The number of hydrogen-bond donors (Lipinski definition) is 0. The van der Waals surface area contributed by atoms with Gasteiger partial charge in [0.1, 0.15) is 4.83 Å². The van der Waals surface area contributed by atoms with Crippen LogP contribution in [0.3, 0.4) is 0 Å². The predicted octanol–water partition coefficient (Wildman–Crippen LogP) is 2.36. The third kappa shape index (κ3) is 6.35. The summed E-state index contributed by atoms with van der Waals surface area (Å²) in [4.78, 5) is 10.7. The molecule has 0 aromatic heterocycles. The van der Waals surface area contributed by atoms with Crippen LogP contribution in [0.15, 0.2) is 0 Å². The molecule has 66 valence electrons. The Morgan fingerprint density at radius 2 is 2.00 bits per heavy atom. The van der Waals surface area contributed by atoms with E-state index in [1.807, 2.05) is 20.8 Å². The van der Waals surface area contributed by atoms with Gasteiger partial charge in [0, 0.05) is 0 Å². The summed E-state index contributed by atoms with van der Waals surface area (Å²) in [5, 5.41) is 0. The summed E-state index contributed by atoms with van der Waals surface area (Å²) in [6, 6.07) is 0. The van der Waals surface area contributed by atoms with E-state index in [4.69, 9.17) is 4.74 Å². The maximum absolute atomic E-state index is 10.9. The van der Waals surface area contributed by atoms with Crippen LogP contribution in [0.4, 0.5) is 0 Å². The Morgan fingerprint density at radius 1 is 1.55 bits per heavy atom. The smallest absolute Gasteiger partial charge is 0.319 e. The molecule has 0 radical (unpaired) electrons. The van der Waals surface area contributed by atoms with Crippen LogP contribution < -0.4 is 0 Å². The Bertz CT molecular complexity index is 136. The van der Waals surface area contributed by atoms with E-state index in [1.54, 1.807) is 6.92 Å². The third-order valence-corrected chi connectivity index (χ3v) is 1.35. The topological polar surface area (TPSA) is 26.3 Å². The first kappa shape index (κ1) is 11.0. The summed E-state index contributed by atoms with van der Waals surface area (Å²) in [6.45, 7) is 8.31. The molecule has 11 heavy (non-hydrogen) atoms. The molecule has 0 aliphatic carbocycles. The van der Waals surface area contributed by atoms with Crippen LogP contribution in [0, 0.1) is 5.41 Å². The zero-order valence-electron chi connectivity index (χ0n) is 7.48. The highest BCUT2D eigenvalue weighted by atomic mass is 79.9. The number of halogens is 1. The second-order valence-electron chi connectivity index (χ2n) is 3.78. The van der Waals surface area contributed by atoms with Crippen LogP contribution in [-0.2, 0) is 9.53 Å². The number of esters is 1. The molecule has 0 saturated carbocycles. The van der Waals surface area contributed by atoms with Crippen molar-refractivity contribution in [3.05, 3.63) is 0 Å². The average molecular weight is 223 g/mol. The quantitative estimate of drug-likeness (QED) is 0.530. The van der Waals surface area contributed by atoms with Gasteiger partial charge in [-0.3, -0.25) is 4.79 Å². The minimum Gasteiger partial charge on any atom is -0.464 e. The Labute approximate surface area is 76.4 Å². The van der Waals surface area contributed by atoms with Gasteiger partial charge in [-0.25, -0.2) is 0 Å². The number of ether oxygens (including phenoxy) is 1. The maximum atomic E-state index is 10.9. The lowest BCUT2D eigenvalue weighted by Crippen LogP contribution is -2.22. The van der Waals surface area contributed by atoms with Crippen molar-refractivity contribution in [2.24, 2.45) is 5.41 Å². The van der Waals surface area contributed by atoms with E-state index < -0.39 is 0 Å². The molecule has 0 bridgehead atoms. The molecule has 0 fully saturated rings. The molecule has 0 aliphatic rings. The van der Waals surface area contributed by atoms with Gasteiger partial charge in [0.25, 0.3) is 0 Å². The van der Waals surface area contributed by atoms with E-state index in [0.717, 1.165) is 0 Å². The zero-order valence-corrected chi connectivity index (χ0v) is 9.06. The second kappa shape index (κ2) is 4.10. The highest BCUT2D eigenvalue weighted by molar-refractivity contribution is 9.10. The van der Waals surface area contributed by atoms with Crippen molar-refractivity contribution in [1.29, 1.82) is 0 Å². The summed E-state index contributed by atoms with van der Waals surface area (Å²) in [7, 11) is 0. The van der Waals surface area contributed by atoms with Gasteiger partial charge < -0.3 is 4.74 Å². The minimum atomic E-state index is -0.204. The maximum Gasteiger partial charge on any atom is 0.319 e. The minimum absolute atomic E-state index is 0.0531. The molecule has 0 aromatic carbocycles. The average Bonchev–Trinajstić information content (AvgIpc) is 1.80. The Hall–Kier alpha value is -0.0500. The first-order chi connectivity index (χ1) is 4.83. The summed E-state index contributed by atoms with van der Waals surface area (Å²) in [6.07, 6.45) is 0. The van der Waals surface area contributed by atoms with E-state index in [2.05, 4.69) is 15.9 Å². The zero-order chi connectivity index (χ0) is 9.07. The van der Waals surface area contributed by atoms with Crippen LogP contribution in [0.5, 0.6) is 0 Å². The van der Waals surface area contributed by atoms with Gasteiger partial charge in [-0.05, 0) is 12.3 Å². The summed E-state index contributed by atoms with van der Waals surface area (Å²) in [5.41, 5.74) is 0.0531. The number of alkyl halides is 1. The van der Waals surface area contributed by atoms with E-state index in [0.29, 0.717) is 6.61 Å². The van der Waals surface area contributed by atoms with Gasteiger partial charge >= 0.3 is 5.97 Å². The Kier molecular flexibility index (Phi) is 4.08. The first-order valence-corrected chi connectivity index (χ1v) is 4.55. The Morgan fingerprint density at radius 3 is 2.27 bits per heavy atom. The van der Waals surface area contributed by atoms with Gasteiger partial charge in [0.15, 0.2) is 0 Å². The highest BCUT2D eigenvalue weighted by Crippen LogP contribution is 2.14. The molecule has 0 rings (SSSR count). The SMILES string of the molecule is CC(Br)C(=O)OCC(C)(C)C. The fraction of sp³-hybridized carbons (Fsp3) is 0.875. The number of hydrogen-bond acceptors (Lipinski definition) is 2. The largest absolute Gasteiger partial charge is 0.464 e. The molecule has 1 unspecified atom stereocenters. The van der Waals surface area contributed by atoms with Crippen molar-refractivity contribution in [3.63, 3.8) is 0 Å². The predicted molar refractivity (Wildman–Crippen MR) is 48.8 cm³/mol. The van der Waals surface area contributed by atoms with Crippen molar-refractivity contribution in [2.45, 2.75) is 32.5 Å². The van der Waals surface area contributed by atoms with Crippen molar-refractivity contribution < 1.29 is 9.53 Å². The van der Waals surface area contributed by atoms with Crippen molar-refractivity contribution in [3.8, 4) is 0 Å². The van der Waals surface area contributed by atoms with Gasteiger partial charge in [0.05, 0.1) is 6.61 Å². The molecule has 0 N–H and O–H groups in total. The van der Waals surface area contributed by atoms with E-state index in [9.17, 15) is 4.79 Å². The van der Waals surface area contributed by atoms with Crippen molar-refractivity contribution in [1.82, 2.24) is 0 Å². The molecule has 0 aromatic rings. The fourth-order valence-electron chi connectivity index (χ4n) is 0.402. The lowest BCUT2D eigenvalue weighted by Gasteiger charge is -2.18. The van der Waals surface area contributed by atoms with E-state index in [1.165, 1.54) is 0 Å². The van der Waals surface area contributed by atoms with Crippen LogP contribution in [0.2, 0.25) is 0 Å². The number of rotatable bonds is 2. The summed E-state index contributed by atoms with van der Waals surface area (Å²) in [5.74, 6) is -0.195. The highest BCUT2D eigenvalue weighted by Gasteiger charge is 2.16. The van der Waals surface area contributed by atoms with Gasteiger partial charge in [-0.2, -0.15) is 0 Å². The number of carbonyl (C=O) groups is 1. The Balaban J connectivity index is 3.64. The van der Waals surface area contributed by atoms with E-state index in [-0.39, 0.29) is 16.2 Å². The lowest BCUT2D eigenvalue weighted by atomic mass is 9.99. The normalized spacial score (nSPS) is 14.3. The lowest BCUT2D eigenvalue weighted by molar-refractivity contribution is -0.145. The molecule has 0 spiro atoms.